The standard InChI is InChI=1S/C13H21N3O5S.ClH/c1-3-4-5-10(9-14)15-22(19,20)11-6-7-12(16(17)18)13(8-11)21-2;/h6-8,10,15H,3-5,9,14H2,1-2H3;1H. The van der Waals surface area contributed by atoms with Gasteiger partial charge in [-0.2, -0.15) is 0 Å². The highest BCUT2D eigenvalue weighted by atomic mass is 35.5. The molecule has 0 radical (unpaired) electrons. The van der Waals surface area contributed by atoms with Crippen molar-refractivity contribution in [3.05, 3.63) is 28.3 Å². The molecule has 0 aliphatic rings. The summed E-state index contributed by atoms with van der Waals surface area (Å²) in [5.41, 5.74) is 5.29. The molecule has 3 N–H and O–H groups in total. The minimum Gasteiger partial charge on any atom is -0.490 e. The maximum absolute atomic E-state index is 12.3. The van der Waals surface area contributed by atoms with Crippen molar-refractivity contribution >= 4 is 28.1 Å². The number of hydrogen-bond acceptors (Lipinski definition) is 6. The van der Waals surface area contributed by atoms with Crippen LogP contribution in [0.1, 0.15) is 26.2 Å². The first-order chi connectivity index (χ1) is 10.4. The summed E-state index contributed by atoms with van der Waals surface area (Å²) in [7, 11) is -2.56. The summed E-state index contributed by atoms with van der Waals surface area (Å²) in [6, 6.07) is 3.05. The van der Waals surface area contributed by atoms with Gasteiger partial charge in [0.2, 0.25) is 10.0 Å². The van der Waals surface area contributed by atoms with Crippen molar-refractivity contribution in [1.82, 2.24) is 4.72 Å². The quantitative estimate of drug-likeness (QED) is 0.506. The lowest BCUT2D eigenvalue weighted by Crippen LogP contribution is -2.40. The zero-order valence-corrected chi connectivity index (χ0v) is 14.7. The largest absolute Gasteiger partial charge is 0.490 e. The Hall–Kier alpha value is -1.42. The van der Waals surface area contributed by atoms with E-state index in [-0.39, 0.29) is 41.3 Å². The Morgan fingerprint density at radius 1 is 1.43 bits per heavy atom. The van der Waals surface area contributed by atoms with Crippen LogP contribution in [-0.2, 0) is 10.0 Å². The van der Waals surface area contributed by atoms with Crippen LogP contribution in [0.5, 0.6) is 5.75 Å². The fraction of sp³-hybridized carbons (Fsp3) is 0.538. The molecule has 1 atom stereocenters. The van der Waals surface area contributed by atoms with E-state index in [9.17, 15) is 18.5 Å². The molecule has 23 heavy (non-hydrogen) atoms. The predicted molar refractivity (Wildman–Crippen MR) is 89.6 cm³/mol. The highest BCUT2D eigenvalue weighted by Crippen LogP contribution is 2.29. The Kier molecular flexibility index (Phi) is 9.06. The molecule has 0 saturated carbocycles. The van der Waals surface area contributed by atoms with Gasteiger partial charge in [-0.05, 0) is 12.5 Å². The van der Waals surface area contributed by atoms with Gasteiger partial charge < -0.3 is 10.5 Å². The number of rotatable bonds is 9. The van der Waals surface area contributed by atoms with Crippen molar-refractivity contribution < 1.29 is 18.1 Å². The van der Waals surface area contributed by atoms with Crippen LogP contribution in [0.2, 0.25) is 0 Å². The van der Waals surface area contributed by atoms with E-state index in [4.69, 9.17) is 10.5 Å². The zero-order valence-electron chi connectivity index (χ0n) is 13.0. The van der Waals surface area contributed by atoms with Gasteiger partial charge in [0.15, 0.2) is 5.75 Å². The van der Waals surface area contributed by atoms with Crippen molar-refractivity contribution in [3.63, 3.8) is 0 Å². The van der Waals surface area contributed by atoms with Crippen LogP contribution < -0.4 is 15.2 Å². The minimum atomic E-state index is -3.81. The lowest BCUT2D eigenvalue weighted by Gasteiger charge is -2.16. The summed E-state index contributed by atoms with van der Waals surface area (Å²) in [5, 5.41) is 10.8. The SMILES string of the molecule is CCCCC(CN)NS(=O)(=O)c1ccc([N+](=O)[O-])c(OC)c1.Cl. The molecule has 8 nitrogen and oxygen atoms in total. The second-order valence-corrected chi connectivity index (χ2v) is 6.50. The number of nitrogens with zero attached hydrogens (tertiary/aromatic N) is 1. The Labute approximate surface area is 142 Å². The third kappa shape index (κ3) is 5.94. The highest BCUT2D eigenvalue weighted by Gasteiger charge is 2.23. The van der Waals surface area contributed by atoms with E-state index in [2.05, 4.69) is 4.72 Å². The van der Waals surface area contributed by atoms with E-state index < -0.39 is 14.9 Å². The molecule has 0 fully saturated rings. The van der Waals surface area contributed by atoms with Crippen molar-refractivity contribution in [1.29, 1.82) is 0 Å². The van der Waals surface area contributed by atoms with Gasteiger partial charge in [0.1, 0.15) is 0 Å². The molecule has 1 aromatic carbocycles. The molecule has 0 saturated heterocycles. The summed E-state index contributed by atoms with van der Waals surface area (Å²) >= 11 is 0. The normalized spacial score (nSPS) is 12.3. The topological polar surface area (TPSA) is 125 Å². The molecule has 132 valence electrons. The monoisotopic (exact) mass is 367 g/mol. The van der Waals surface area contributed by atoms with Crippen molar-refractivity contribution in [2.24, 2.45) is 5.73 Å². The molecular weight excluding hydrogens is 346 g/mol. The molecule has 0 aliphatic carbocycles. The van der Waals surface area contributed by atoms with Gasteiger partial charge in [-0.1, -0.05) is 19.8 Å². The molecular formula is C13H22ClN3O5S. The van der Waals surface area contributed by atoms with Crippen LogP contribution in [0.4, 0.5) is 5.69 Å². The number of nitrogens with one attached hydrogen (secondary N) is 1. The van der Waals surface area contributed by atoms with Crippen LogP contribution in [0.25, 0.3) is 0 Å². The van der Waals surface area contributed by atoms with Gasteiger partial charge in [0, 0.05) is 24.7 Å². The average Bonchev–Trinajstić information content (AvgIpc) is 2.50. The van der Waals surface area contributed by atoms with Crippen molar-refractivity contribution in [2.75, 3.05) is 13.7 Å². The Bertz CT molecular complexity index is 624. The Balaban J connectivity index is 0.00000484. The van der Waals surface area contributed by atoms with Gasteiger partial charge in [-0.3, -0.25) is 10.1 Å². The summed E-state index contributed by atoms with van der Waals surface area (Å²) in [4.78, 5) is 10.1. The third-order valence-corrected chi connectivity index (χ3v) is 4.69. The van der Waals surface area contributed by atoms with Crippen molar-refractivity contribution in [3.8, 4) is 5.75 Å². The summed E-state index contributed by atoms with van der Waals surface area (Å²) in [6.07, 6.45) is 2.42. The van der Waals surface area contributed by atoms with Gasteiger partial charge in [0.05, 0.1) is 16.9 Å². The van der Waals surface area contributed by atoms with Gasteiger partial charge in [0.25, 0.3) is 0 Å². The second kappa shape index (κ2) is 9.66. The third-order valence-electron chi connectivity index (χ3n) is 3.17. The van der Waals surface area contributed by atoms with E-state index in [0.717, 1.165) is 25.0 Å². The lowest BCUT2D eigenvalue weighted by molar-refractivity contribution is -0.385. The number of nitro groups is 1. The number of methoxy groups -OCH3 is 1. The van der Waals surface area contributed by atoms with E-state index in [1.807, 2.05) is 6.92 Å². The Morgan fingerprint density at radius 3 is 2.57 bits per heavy atom. The second-order valence-electron chi connectivity index (χ2n) is 4.79. The molecule has 0 aromatic heterocycles. The number of nitro benzene ring substituents is 1. The fourth-order valence-corrected chi connectivity index (χ4v) is 3.24. The fourth-order valence-electron chi connectivity index (χ4n) is 1.94. The van der Waals surface area contributed by atoms with Crippen LogP contribution >= 0.6 is 12.4 Å². The molecule has 0 amide bonds. The summed E-state index contributed by atoms with van der Waals surface area (Å²) in [6.45, 7) is 2.19. The smallest absolute Gasteiger partial charge is 0.310 e. The van der Waals surface area contributed by atoms with E-state index in [0.29, 0.717) is 6.42 Å². The van der Waals surface area contributed by atoms with E-state index >= 15 is 0 Å². The number of unbranched alkanes of at least 4 members (excludes halogenated alkanes) is 1. The maximum Gasteiger partial charge on any atom is 0.310 e. The number of halogens is 1. The molecule has 10 heteroatoms. The highest BCUT2D eigenvalue weighted by molar-refractivity contribution is 7.89. The molecule has 0 heterocycles. The van der Waals surface area contributed by atoms with E-state index in [1.54, 1.807) is 0 Å². The number of nitrogens with two attached hydrogens (primary N) is 1. The summed E-state index contributed by atoms with van der Waals surface area (Å²) < 4.78 is 32.0. The molecule has 0 bridgehead atoms. The van der Waals surface area contributed by atoms with Crippen LogP contribution in [0.15, 0.2) is 23.1 Å². The Morgan fingerprint density at radius 2 is 2.09 bits per heavy atom. The van der Waals surface area contributed by atoms with Crippen LogP contribution in [0.3, 0.4) is 0 Å². The van der Waals surface area contributed by atoms with Crippen LogP contribution in [-0.4, -0.2) is 33.0 Å². The number of sulfonamides is 1. The first-order valence-corrected chi connectivity index (χ1v) is 8.38. The number of hydrogen-bond donors (Lipinski definition) is 2. The first kappa shape index (κ1) is 21.6. The van der Waals surface area contributed by atoms with Crippen LogP contribution in [0, 0.1) is 10.1 Å². The van der Waals surface area contributed by atoms with Gasteiger partial charge >= 0.3 is 5.69 Å². The minimum absolute atomic E-state index is 0. The lowest BCUT2D eigenvalue weighted by atomic mass is 10.1. The predicted octanol–water partition coefficient (Wildman–Crippen LogP) is 1.82. The molecule has 1 unspecified atom stereocenters. The van der Waals surface area contributed by atoms with Gasteiger partial charge in [-0.25, -0.2) is 13.1 Å². The molecule has 1 aromatic rings. The zero-order chi connectivity index (χ0) is 16.8. The van der Waals surface area contributed by atoms with Crippen molar-refractivity contribution in [2.45, 2.75) is 37.1 Å². The number of benzene rings is 1. The number of ether oxygens (including phenoxy) is 1. The van der Waals surface area contributed by atoms with E-state index in [1.165, 1.54) is 13.2 Å². The molecule has 0 aliphatic heterocycles. The first-order valence-electron chi connectivity index (χ1n) is 6.90. The van der Waals surface area contributed by atoms with Gasteiger partial charge in [-0.15, -0.1) is 12.4 Å². The average molecular weight is 368 g/mol. The molecule has 1 rings (SSSR count). The molecule has 0 spiro atoms. The maximum atomic E-state index is 12.3. The summed E-state index contributed by atoms with van der Waals surface area (Å²) in [5.74, 6) is -0.106.